The normalized spacial score (nSPS) is 11.4. The van der Waals surface area contributed by atoms with E-state index in [-0.39, 0.29) is 10.6 Å². The molecule has 0 amide bonds. The lowest BCUT2D eigenvalue weighted by atomic mass is 10.1. The second-order valence-corrected chi connectivity index (χ2v) is 4.12. The third kappa shape index (κ3) is 1.35. The molecule has 74 valence electrons. The number of halogens is 2. The van der Waals surface area contributed by atoms with Gasteiger partial charge in [0.05, 0.1) is 0 Å². The van der Waals surface area contributed by atoms with E-state index in [1.807, 2.05) is 0 Å². The van der Waals surface area contributed by atoms with Crippen LogP contribution in [0.2, 0.25) is 0 Å². The Bertz CT molecular complexity index is 476. The van der Waals surface area contributed by atoms with E-state index in [1.54, 1.807) is 13.0 Å². The molecule has 1 aromatic heterocycles. The van der Waals surface area contributed by atoms with Gasteiger partial charge in [0.15, 0.2) is 5.06 Å². The van der Waals surface area contributed by atoms with Gasteiger partial charge in [-0.1, -0.05) is 23.5 Å². The molecule has 2 aromatic rings. The number of fused-ring (bicyclic) bond motifs is 1. The Labute approximate surface area is 83.6 Å². The van der Waals surface area contributed by atoms with Gasteiger partial charge in [0, 0.05) is 15.8 Å². The second-order valence-electron chi connectivity index (χ2n) is 3.09. The molecule has 1 nitrogen and oxygen atoms in total. The molecular formula is C10H8F2OS. The summed E-state index contributed by atoms with van der Waals surface area (Å²) in [6, 6.07) is 4.45. The summed E-state index contributed by atoms with van der Waals surface area (Å²) in [5.41, 5.74) is 0.754. The second kappa shape index (κ2) is 3.20. The van der Waals surface area contributed by atoms with Crippen molar-refractivity contribution in [1.29, 1.82) is 0 Å². The van der Waals surface area contributed by atoms with E-state index in [1.165, 1.54) is 12.1 Å². The number of thiophene rings is 1. The highest BCUT2D eigenvalue weighted by Gasteiger charge is 2.11. The van der Waals surface area contributed by atoms with E-state index >= 15 is 0 Å². The van der Waals surface area contributed by atoms with Crippen LogP contribution in [0.25, 0.3) is 10.1 Å². The number of rotatable bonds is 1. The topological polar surface area (TPSA) is 20.2 Å². The first-order valence-electron chi connectivity index (χ1n) is 4.09. The summed E-state index contributed by atoms with van der Waals surface area (Å²) in [6.07, 6.45) is -2.45. The Morgan fingerprint density at radius 2 is 2.07 bits per heavy atom. The molecule has 0 aliphatic heterocycles. The Hall–Kier alpha value is -1.16. The van der Waals surface area contributed by atoms with Crippen molar-refractivity contribution in [3.63, 3.8) is 0 Å². The number of alkyl halides is 2. The molecular weight excluding hydrogens is 206 g/mol. The fourth-order valence-corrected chi connectivity index (χ4v) is 2.36. The minimum absolute atomic E-state index is 0.00116. The molecule has 0 atom stereocenters. The van der Waals surface area contributed by atoms with E-state index in [0.29, 0.717) is 4.70 Å². The largest absolute Gasteiger partial charge is 0.499 e. The molecule has 1 N–H and O–H groups in total. The van der Waals surface area contributed by atoms with Crippen molar-refractivity contribution in [3.05, 3.63) is 29.3 Å². The lowest BCUT2D eigenvalue weighted by molar-refractivity contribution is 0.151. The van der Waals surface area contributed by atoms with Gasteiger partial charge < -0.3 is 5.11 Å². The van der Waals surface area contributed by atoms with Gasteiger partial charge in [0.25, 0.3) is 6.43 Å². The van der Waals surface area contributed by atoms with Gasteiger partial charge >= 0.3 is 0 Å². The zero-order valence-electron chi connectivity index (χ0n) is 7.42. The summed E-state index contributed by atoms with van der Waals surface area (Å²) in [6.45, 7) is 1.77. The Morgan fingerprint density at radius 1 is 1.36 bits per heavy atom. The monoisotopic (exact) mass is 214 g/mol. The first-order valence-corrected chi connectivity index (χ1v) is 4.91. The molecule has 0 aliphatic rings. The zero-order valence-corrected chi connectivity index (χ0v) is 8.24. The fourth-order valence-electron chi connectivity index (χ4n) is 1.36. The van der Waals surface area contributed by atoms with Crippen LogP contribution >= 0.6 is 11.3 Å². The van der Waals surface area contributed by atoms with Gasteiger partial charge in [-0.25, -0.2) is 8.78 Å². The highest BCUT2D eigenvalue weighted by atomic mass is 32.1. The lowest BCUT2D eigenvalue weighted by Gasteiger charge is -1.98. The van der Waals surface area contributed by atoms with Crippen LogP contribution < -0.4 is 0 Å². The van der Waals surface area contributed by atoms with Gasteiger partial charge in [0.2, 0.25) is 0 Å². The number of aryl methyl sites for hydroxylation is 1. The van der Waals surface area contributed by atoms with Crippen molar-refractivity contribution in [2.75, 3.05) is 0 Å². The molecule has 2 rings (SSSR count). The quantitative estimate of drug-likeness (QED) is 0.764. The van der Waals surface area contributed by atoms with Gasteiger partial charge in [-0.15, -0.1) is 0 Å². The molecule has 0 saturated carbocycles. The van der Waals surface area contributed by atoms with Crippen LogP contribution in [0.5, 0.6) is 5.06 Å². The number of benzene rings is 1. The molecule has 0 bridgehead atoms. The van der Waals surface area contributed by atoms with E-state index in [9.17, 15) is 13.9 Å². The van der Waals surface area contributed by atoms with Gasteiger partial charge in [-0.3, -0.25) is 0 Å². The molecule has 0 aliphatic carbocycles. The first-order chi connectivity index (χ1) is 6.59. The molecule has 0 fully saturated rings. The van der Waals surface area contributed by atoms with Crippen molar-refractivity contribution in [2.24, 2.45) is 0 Å². The van der Waals surface area contributed by atoms with E-state index in [0.717, 1.165) is 22.3 Å². The minimum Gasteiger partial charge on any atom is -0.499 e. The van der Waals surface area contributed by atoms with Gasteiger partial charge in [-0.2, -0.15) is 0 Å². The summed E-state index contributed by atoms with van der Waals surface area (Å²) in [4.78, 5) is 0. The third-order valence-electron chi connectivity index (χ3n) is 2.19. The number of hydrogen-bond acceptors (Lipinski definition) is 2. The van der Waals surface area contributed by atoms with Crippen LogP contribution in [-0.2, 0) is 0 Å². The van der Waals surface area contributed by atoms with Crippen molar-refractivity contribution in [1.82, 2.24) is 0 Å². The van der Waals surface area contributed by atoms with Crippen molar-refractivity contribution in [3.8, 4) is 5.06 Å². The first kappa shape index (κ1) is 9.40. The van der Waals surface area contributed by atoms with Gasteiger partial charge in [-0.05, 0) is 18.4 Å². The average Bonchev–Trinajstić information content (AvgIpc) is 2.42. The minimum atomic E-state index is -2.45. The highest BCUT2D eigenvalue weighted by molar-refractivity contribution is 7.20. The van der Waals surface area contributed by atoms with Crippen molar-refractivity contribution < 1.29 is 13.9 Å². The Balaban J connectivity index is 2.67. The summed E-state index contributed by atoms with van der Waals surface area (Å²) >= 11 is 1.13. The van der Waals surface area contributed by atoms with Crippen LogP contribution in [-0.4, -0.2) is 5.11 Å². The smallest absolute Gasteiger partial charge is 0.263 e. The van der Waals surface area contributed by atoms with Crippen LogP contribution in [0.3, 0.4) is 0 Å². The van der Waals surface area contributed by atoms with Crippen LogP contribution in [0, 0.1) is 6.92 Å². The van der Waals surface area contributed by atoms with Crippen LogP contribution in [0.1, 0.15) is 17.6 Å². The average molecular weight is 214 g/mol. The van der Waals surface area contributed by atoms with Crippen LogP contribution in [0.4, 0.5) is 8.78 Å². The van der Waals surface area contributed by atoms with Gasteiger partial charge in [0.1, 0.15) is 0 Å². The molecule has 4 heteroatoms. The predicted molar refractivity (Wildman–Crippen MR) is 53.2 cm³/mol. The maximum absolute atomic E-state index is 12.3. The Morgan fingerprint density at radius 3 is 2.71 bits per heavy atom. The highest BCUT2D eigenvalue weighted by Crippen LogP contribution is 2.37. The van der Waals surface area contributed by atoms with E-state index in [2.05, 4.69) is 0 Å². The molecule has 0 radical (unpaired) electrons. The summed E-state index contributed by atoms with van der Waals surface area (Å²) in [7, 11) is 0. The van der Waals surface area contributed by atoms with Crippen molar-refractivity contribution >= 4 is 21.4 Å². The molecule has 0 saturated heterocycles. The lowest BCUT2D eigenvalue weighted by Crippen LogP contribution is -1.81. The standard InChI is InChI=1S/C10H8F2OS/c1-5-7-3-2-6(9(11)12)4-8(7)14-10(5)13/h2-4,9,13H,1H3. The summed E-state index contributed by atoms with van der Waals surface area (Å²) in [5.74, 6) is 0. The predicted octanol–water partition coefficient (Wildman–Crippen LogP) is 3.85. The number of aromatic hydroxyl groups is 1. The summed E-state index contributed by atoms with van der Waals surface area (Å²) < 4.78 is 25.4. The molecule has 0 spiro atoms. The Kier molecular flexibility index (Phi) is 2.15. The molecule has 1 aromatic carbocycles. The fraction of sp³-hybridized carbons (Fsp3) is 0.200. The molecule has 1 heterocycles. The molecule has 0 unspecified atom stereocenters. The van der Waals surface area contributed by atoms with E-state index in [4.69, 9.17) is 0 Å². The number of hydrogen-bond donors (Lipinski definition) is 1. The van der Waals surface area contributed by atoms with E-state index < -0.39 is 6.43 Å². The van der Waals surface area contributed by atoms with Crippen LogP contribution in [0.15, 0.2) is 18.2 Å². The van der Waals surface area contributed by atoms with Crippen molar-refractivity contribution in [2.45, 2.75) is 13.3 Å². The summed E-state index contributed by atoms with van der Waals surface area (Å²) in [5, 5.41) is 10.4. The third-order valence-corrected chi connectivity index (χ3v) is 3.25. The zero-order chi connectivity index (χ0) is 10.3. The maximum Gasteiger partial charge on any atom is 0.263 e. The molecule has 14 heavy (non-hydrogen) atoms. The maximum atomic E-state index is 12.3. The SMILES string of the molecule is Cc1c(O)sc2cc(C(F)F)ccc12.